The number of nitrogens with one attached hydrogen (secondary N) is 1. The summed E-state index contributed by atoms with van der Waals surface area (Å²) in [5.74, 6) is 3.59. The Morgan fingerprint density at radius 2 is 2.24 bits per heavy atom. The van der Waals surface area contributed by atoms with Gasteiger partial charge in [-0.1, -0.05) is 18.2 Å². The average Bonchev–Trinajstić information content (AvgIpc) is 3.02. The second-order valence-corrected chi connectivity index (χ2v) is 6.80. The van der Waals surface area contributed by atoms with Gasteiger partial charge in [0.2, 0.25) is 0 Å². The molecule has 1 atom stereocenters. The van der Waals surface area contributed by atoms with Crippen molar-refractivity contribution in [1.82, 2.24) is 9.88 Å². The molecule has 1 aromatic heterocycles. The number of para-hydroxylation sites is 1. The number of nitrogens with zero attached hydrogens (tertiary/aromatic N) is 2. The second kappa shape index (κ2) is 6.67. The SMILES string of the molecule is CCNc1nc2ccccc2cc1CN(C)C1CCSC1. The molecule has 0 amide bonds. The zero-order valence-electron chi connectivity index (χ0n) is 12.8. The maximum absolute atomic E-state index is 4.80. The van der Waals surface area contributed by atoms with E-state index in [1.54, 1.807) is 0 Å². The van der Waals surface area contributed by atoms with Crippen molar-refractivity contribution in [2.75, 3.05) is 30.4 Å². The molecule has 3 nitrogen and oxygen atoms in total. The Morgan fingerprint density at radius 1 is 1.38 bits per heavy atom. The van der Waals surface area contributed by atoms with E-state index in [1.807, 2.05) is 6.07 Å². The van der Waals surface area contributed by atoms with E-state index in [1.165, 1.54) is 28.9 Å². The van der Waals surface area contributed by atoms with Crippen LogP contribution in [0.25, 0.3) is 10.9 Å². The Bertz CT molecular complexity index is 608. The highest BCUT2D eigenvalue weighted by Crippen LogP contribution is 2.26. The van der Waals surface area contributed by atoms with Crippen LogP contribution in [-0.4, -0.2) is 41.0 Å². The van der Waals surface area contributed by atoms with Gasteiger partial charge in [0.05, 0.1) is 5.52 Å². The molecule has 0 saturated carbocycles. The van der Waals surface area contributed by atoms with Crippen LogP contribution >= 0.6 is 11.8 Å². The van der Waals surface area contributed by atoms with Gasteiger partial charge < -0.3 is 5.32 Å². The predicted octanol–water partition coefficient (Wildman–Crippen LogP) is 3.60. The normalized spacial score (nSPS) is 18.5. The molecule has 0 spiro atoms. The van der Waals surface area contributed by atoms with Gasteiger partial charge in [0.1, 0.15) is 5.82 Å². The first kappa shape index (κ1) is 14.7. The van der Waals surface area contributed by atoms with Gasteiger partial charge >= 0.3 is 0 Å². The van der Waals surface area contributed by atoms with Crippen molar-refractivity contribution >= 4 is 28.5 Å². The van der Waals surface area contributed by atoms with Crippen molar-refractivity contribution in [3.8, 4) is 0 Å². The summed E-state index contributed by atoms with van der Waals surface area (Å²) in [6.07, 6.45) is 1.30. The topological polar surface area (TPSA) is 28.2 Å². The number of aromatic nitrogens is 1. The van der Waals surface area contributed by atoms with Crippen molar-refractivity contribution in [2.45, 2.75) is 25.9 Å². The van der Waals surface area contributed by atoms with Crippen LogP contribution in [0.2, 0.25) is 0 Å². The summed E-state index contributed by atoms with van der Waals surface area (Å²) in [5, 5.41) is 4.65. The molecule has 1 aliphatic heterocycles. The fraction of sp³-hybridized carbons (Fsp3) is 0.471. The highest BCUT2D eigenvalue weighted by molar-refractivity contribution is 7.99. The van der Waals surface area contributed by atoms with Crippen molar-refractivity contribution < 1.29 is 0 Å². The minimum absolute atomic E-state index is 0.705. The summed E-state index contributed by atoms with van der Waals surface area (Å²) >= 11 is 2.07. The lowest BCUT2D eigenvalue weighted by Gasteiger charge is -2.24. The van der Waals surface area contributed by atoms with E-state index in [4.69, 9.17) is 4.98 Å². The summed E-state index contributed by atoms with van der Waals surface area (Å²) in [6.45, 7) is 3.99. The van der Waals surface area contributed by atoms with Gasteiger partial charge in [0.25, 0.3) is 0 Å². The van der Waals surface area contributed by atoms with E-state index in [2.05, 4.69) is 60.2 Å². The molecule has 1 saturated heterocycles. The van der Waals surface area contributed by atoms with Crippen molar-refractivity contribution in [3.63, 3.8) is 0 Å². The first-order chi connectivity index (χ1) is 10.3. The van der Waals surface area contributed by atoms with Crippen LogP contribution in [0.4, 0.5) is 5.82 Å². The first-order valence-electron chi connectivity index (χ1n) is 7.68. The quantitative estimate of drug-likeness (QED) is 0.913. The number of thioether (sulfide) groups is 1. The van der Waals surface area contributed by atoms with Gasteiger partial charge in [0.15, 0.2) is 0 Å². The molecule has 112 valence electrons. The Hall–Kier alpha value is -1.26. The van der Waals surface area contributed by atoms with Crippen molar-refractivity contribution in [1.29, 1.82) is 0 Å². The van der Waals surface area contributed by atoms with E-state index >= 15 is 0 Å². The molecular formula is C17H23N3S. The standard InChI is InChI=1S/C17H23N3S/c1-3-18-17-14(11-20(2)15-8-9-21-12-15)10-13-6-4-5-7-16(13)19-17/h4-7,10,15H,3,8-9,11-12H2,1-2H3,(H,18,19). The number of hydrogen-bond acceptors (Lipinski definition) is 4. The molecule has 1 aromatic carbocycles. The van der Waals surface area contributed by atoms with Crippen LogP contribution in [0.1, 0.15) is 18.9 Å². The largest absolute Gasteiger partial charge is 0.370 e. The molecule has 0 bridgehead atoms. The molecular weight excluding hydrogens is 278 g/mol. The lowest BCUT2D eigenvalue weighted by atomic mass is 10.1. The summed E-state index contributed by atoms with van der Waals surface area (Å²) in [6, 6.07) is 11.4. The third-order valence-electron chi connectivity index (χ3n) is 4.10. The number of hydrogen-bond donors (Lipinski definition) is 1. The van der Waals surface area contributed by atoms with Gasteiger partial charge in [-0.3, -0.25) is 4.90 Å². The lowest BCUT2D eigenvalue weighted by molar-refractivity contribution is 0.254. The molecule has 1 fully saturated rings. The maximum Gasteiger partial charge on any atom is 0.131 e. The number of anilines is 1. The third kappa shape index (κ3) is 3.33. The van der Waals surface area contributed by atoms with E-state index in [9.17, 15) is 0 Å². The monoisotopic (exact) mass is 301 g/mol. The fourth-order valence-corrected chi connectivity index (χ4v) is 4.17. The van der Waals surface area contributed by atoms with E-state index in [0.29, 0.717) is 6.04 Å². The Balaban J connectivity index is 1.89. The van der Waals surface area contributed by atoms with Crippen molar-refractivity contribution in [2.24, 2.45) is 0 Å². The smallest absolute Gasteiger partial charge is 0.131 e. The van der Waals surface area contributed by atoms with Gasteiger partial charge in [-0.15, -0.1) is 0 Å². The Morgan fingerprint density at radius 3 is 3.00 bits per heavy atom. The van der Waals surface area contributed by atoms with Crippen LogP contribution < -0.4 is 5.32 Å². The summed E-state index contributed by atoms with van der Waals surface area (Å²) in [5.41, 5.74) is 2.37. The minimum Gasteiger partial charge on any atom is -0.370 e. The second-order valence-electron chi connectivity index (χ2n) is 5.65. The predicted molar refractivity (Wildman–Crippen MR) is 93.1 cm³/mol. The molecule has 1 aliphatic rings. The molecule has 1 unspecified atom stereocenters. The third-order valence-corrected chi connectivity index (χ3v) is 5.24. The summed E-state index contributed by atoms with van der Waals surface area (Å²) in [4.78, 5) is 7.28. The molecule has 3 rings (SSSR count). The van der Waals surface area contributed by atoms with E-state index < -0.39 is 0 Å². The van der Waals surface area contributed by atoms with Gasteiger partial charge in [-0.05, 0) is 38.3 Å². The fourth-order valence-electron chi connectivity index (χ4n) is 2.87. The molecule has 0 radical (unpaired) electrons. The lowest BCUT2D eigenvalue weighted by Crippen LogP contribution is -2.31. The van der Waals surface area contributed by atoms with Gasteiger partial charge in [-0.25, -0.2) is 4.98 Å². The maximum atomic E-state index is 4.80. The molecule has 1 N–H and O–H groups in total. The zero-order valence-corrected chi connectivity index (χ0v) is 13.6. The number of fused-ring (bicyclic) bond motifs is 1. The molecule has 0 aliphatic carbocycles. The van der Waals surface area contributed by atoms with Crippen molar-refractivity contribution in [3.05, 3.63) is 35.9 Å². The number of rotatable bonds is 5. The van der Waals surface area contributed by atoms with Gasteiger partial charge in [0, 0.05) is 35.8 Å². The molecule has 2 heterocycles. The van der Waals surface area contributed by atoms with E-state index in [-0.39, 0.29) is 0 Å². The molecule has 4 heteroatoms. The summed E-state index contributed by atoms with van der Waals surface area (Å²) < 4.78 is 0. The average molecular weight is 301 g/mol. The van der Waals surface area contributed by atoms with Crippen LogP contribution in [0, 0.1) is 0 Å². The first-order valence-corrected chi connectivity index (χ1v) is 8.84. The van der Waals surface area contributed by atoms with Gasteiger partial charge in [-0.2, -0.15) is 11.8 Å². The highest BCUT2D eigenvalue weighted by Gasteiger charge is 2.21. The minimum atomic E-state index is 0.705. The summed E-state index contributed by atoms with van der Waals surface area (Å²) in [7, 11) is 2.24. The number of benzene rings is 1. The molecule has 21 heavy (non-hydrogen) atoms. The van der Waals surface area contributed by atoms with Crippen LogP contribution in [0.3, 0.4) is 0 Å². The molecule has 2 aromatic rings. The van der Waals surface area contributed by atoms with Crippen LogP contribution in [-0.2, 0) is 6.54 Å². The Kier molecular flexibility index (Phi) is 4.66. The zero-order chi connectivity index (χ0) is 14.7. The van der Waals surface area contributed by atoms with Crippen LogP contribution in [0.5, 0.6) is 0 Å². The number of pyridine rings is 1. The highest BCUT2D eigenvalue weighted by atomic mass is 32.2. The Labute approximate surface area is 131 Å². The van der Waals surface area contributed by atoms with Crippen LogP contribution in [0.15, 0.2) is 30.3 Å². The van der Waals surface area contributed by atoms with E-state index in [0.717, 1.165) is 24.4 Å².